The Morgan fingerprint density at radius 1 is 1.13 bits per heavy atom. The number of carbonyl (C=O) groups is 2. The van der Waals surface area contributed by atoms with E-state index >= 15 is 0 Å². The fourth-order valence-corrected chi connectivity index (χ4v) is 5.09. The molecule has 2 amide bonds. The Kier molecular flexibility index (Phi) is 6.09. The van der Waals surface area contributed by atoms with Crippen molar-refractivity contribution in [3.8, 4) is 11.1 Å². The first-order valence-electron chi connectivity index (χ1n) is 10.9. The lowest BCUT2D eigenvalue weighted by atomic mass is 9.83. The highest BCUT2D eigenvalue weighted by atomic mass is 35.5. The van der Waals surface area contributed by atoms with E-state index < -0.39 is 11.5 Å². The van der Waals surface area contributed by atoms with Crippen LogP contribution >= 0.6 is 11.6 Å². The van der Waals surface area contributed by atoms with Gasteiger partial charge in [0.05, 0.1) is 5.60 Å². The molecule has 1 aliphatic heterocycles. The van der Waals surface area contributed by atoms with Crippen molar-refractivity contribution >= 4 is 23.4 Å². The topological polar surface area (TPSA) is 83.6 Å². The van der Waals surface area contributed by atoms with E-state index in [1.807, 2.05) is 42.2 Å². The molecule has 5 nitrogen and oxygen atoms in total. The van der Waals surface area contributed by atoms with Crippen molar-refractivity contribution in [2.45, 2.75) is 57.1 Å². The minimum atomic E-state index is -0.589. The number of hydrogen-bond donors (Lipinski definition) is 2. The van der Waals surface area contributed by atoms with Crippen LogP contribution in [0.1, 0.15) is 54.9 Å². The van der Waals surface area contributed by atoms with Gasteiger partial charge in [-0.25, -0.2) is 0 Å². The molecule has 0 spiro atoms. The summed E-state index contributed by atoms with van der Waals surface area (Å²) in [5.74, 6) is -0.275. The summed E-state index contributed by atoms with van der Waals surface area (Å²) in [4.78, 5) is 26.3. The Labute approximate surface area is 188 Å². The van der Waals surface area contributed by atoms with Crippen molar-refractivity contribution in [1.82, 2.24) is 4.90 Å². The number of likely N-dealkylation sites (tertiary alicyclic amines) is 1. The number of halogens is 1. The summed E-state index contributed by atoms with van der Waals surface area (Å²) in [6.07, 6.45) is 4.72. The van der Waals surface area contributed by atoms with Crippen LogP contribution < -0.4 is 5.73 Å². The standard InChI is InChI=1S/C25H29ClN2O3/c1-25(31)11-8-21(9-12-25)28-13-10-20(24(28)30)14-19-7-6-18(15-22(19)26)16-2-4-17(5-3-16)23(27)29/h2-7,15,20-21,31H,8-14H2,1H3,(H2,27,29). The first-order chi connectivity index (χ1) is 14.7. The second-order valence-electron chi connectivity index (χ2n) is 9.20. The van der Waals surface area contributed by atoms with Crippen molar-refractivity contribution in [3.63, 3.8) is 0 Å². The van der Waals surface area contributed by atoms with E-state index in [-0.39, 0.29) is 17.9 Å². The molecular weight excluding hydrogens is 412 g/mol. The molecule has 1 aliphatic carbocycles. The molecule has 31 heavy (non-hydrogen) atoms. The molecular formula is C25H29ClN2O3. The van der Waals surface area contributed by atoms with E-state index in [1.54, 1.807) is 12.1 Å². The molecule has 164 valence electrons. The monoisotopic (exact) mass is 440 g/mol. The Balaban J connectivity index is 1.42. The predicted molar refractivity (Wildman–Crippen MR) is 122 cm³/mol. The molecule has 1 heterocycles. The van der Waals surface area contributed by atoms with Crippen LogP contribution in [-0.2, 0) is 11.2 Å². The van der Waals surface area contributed by atoms with Crippen LogP contribution in [0, 0.1) is 5.92 Å². The molecule has 1 unspecified atom stereocenters. The van der Waals surface area contributed by atoms with E-state index in [4.69, 9.17) is 17.3 Å². The lowest BCUT2D eigenvalue weighted by molar-refractivity contribution is -0.134. The zero-order valence-corrected chi connectivity index (χ0v) is 18.6. The van der Waals surface area contributed by atoms with E-state index in [1.165, 1.54) is 0 Å². The third kappa shape index (κ3) is 4.78. The van der Waals surface area contributed by atoms with Gasteiger partial charge >= 0.3 is 0 Å². The van der Waals surface area contributed by atoms with Crippen molar-refractivity contribution in [2.75, 3.05) is 6.54 Å². The fourth-order valence-electron chi connectivity index (χ4n) is 4.84. The molecule has 2 aromatic rings. The van der Waals surface area contributed by atoms with Crippen molar-refractivity contribution in [1.29, 1.82) is 0 Å². The van der Waals surface area contributed by atoms with Gasteiger partial charge in [0.15, 0.2) is 0 Å². The average Bonchev–Trinajstić information content (AvgIpc) is 3.10. The lowest BCUT2D eigenvalue weighted by Gasteiger charge is -2.37. The molecule has 1 saturated heterocycles. The zero-order valence-electron chi connectivity index (χ0n) is 17.8. The molecule has 2 fully saturated rings. The first-order valence-corrected chi connectivity index (χ1v) is 11.3. The van der Waals surface area contributed by atoms with Gasteiger partial charge in [-0.05, 0) is 80.3 Å². The molecule has 1 atom stereocenters. The summed E-state index contributed by atoms with van der Waals surface area (Å²) in [5.41, 5.74) is 8.07. The fraction of sp³-hybridized carbons (Fsp3) is 0.440. The molecule has 0 bridgehead atoms. The summed E-state index contributed by atoms with van der Waals surface area (Å²) in [6.45, 7) is 2.67. The third-order valence-corrected chi connectivity index (χ3v) is 7.20. The van der Waals surface area contributed by atoms with Crippen LogP contribution in [0.3, 0.4) is 0 Å². The Morgan fingerprint density at radius 2 is 1.77 bits per heavy atom. The first kappa shape index (κ1) is 21.8. The van der Waals surface area contributed by atoms with Gasteiger partial charge in [-0.3, -0.25) is 9.59 Å². The van der Waals surface area contributed by atoms with Crippen LogP contribution in [0.15, 0.2) is 42.5 Å². The predicted octanol–water partition coefficient (Wildman–Crippen LogP) is 4.19. The minimum absolute atomic E-state index is 0.0411. The van der Waals surface area contributed by atoms with Gasteiger partial charge in [0.25, 0.3) is 0 Å². The number of benzene rings is 2. The summed E-state index contributed by atoms with van der Waals surface area (Å²) in [5, 5.41) is 10.8. The van der Waals surface area contributed by atoms with Crippen LogP contribution in [0.25, 0.3) is 11.1 Å². The highest BCUT2D eigenvalue weighted by Gasteiger charge is 2.39. The largest absolute Gasteiger partial charge is 0.390 e. The van der Waals surface area contributed by atoms with E-state index in [0.717, 1.165) is 55.3 Å². The molecule has 6 heteroatoms. The van der Waals surface area contributed by atoms with Crippen molar-refractivity contribution in [3.05, 3.63) is 58.6 Å². The number of carbonyl (C=O) groups excluding carboxylic acids is 2. The highest BCUT2D eigenvalue weighted by Crippen LogP contribution is 2.35. The third-order valence-electron chi connectivity index (χ3n) is 6.85. The van der Waals surface area contributed by atoms with Gasteiger partial charge in [-0.1, -0.05) is 35.9 Å². The van der Waals surface area contributed by atoms with Crippen molar-refractivity contribution in [2.24, 2.45) is 11.7 Å². The van der Waals surface area contributed by atoms with Crippen LogP contribution in [0.4, 0.5) is 0 Å². The molecule has 1 saturated carbocycles. The maximum Gasteiger partial charge on any atom is 0.248 e. The summed E-state index contributed by atoms with van der Waals surface area (Å²) >= 11 is 6.58. The summed E-state index contributed by atoms with van der Waals surface area (Å²) in [6, 6.07) is 13.3. The van der Waals surface area contributed by atoms with Gasteiger partial charge in [-0.2, -0.15) is 0 Å². The summed E-state index contributed by atoms with van der Waals surface area (Å²) < 4.78 is 0. The Bertz CT molecular complexity index is 977. The Morgan fingerprint density at radius 3 is 2.39 bits per heavy atom. The number of hydrogen-bond acceptors (Lipinski definition) is 3. The molecule has 2 aromatic carbocycles. The number of nitrogens with two attached hydrogens (primary N) is 1. The molecule has 0 radical (unpaired) electrons. The van der Waals surface area contributed by atoms with Crippen molar-refractivity contribution < 1.29 is 14.7 Å². The minimum Gasteiger partial charge on any atom is -0.390 e. The summed E-state index contributed by atoms with van der Waals surface area (Å²) in [7, 11) is 0. The quantitative estimate of drug-likeness (QED) is 0.731. The van der Waals surface area contributed by atoms with Gasteiger partial charge in [0.1, 0.15) is 0 Å². The zero-order chi connectivity index (χ0) is 22.2. The van der Waals surface area contributed by atoms with Crippen LogP contribution in [0.2, 0.25) is 5.02 Å². The van der Waals surface area contributed by atoms with Gasteiger partial charge in [0, 0.05) is 29.1 Å². The molecule has 0 aromatic heterocycles. The number of rotatable bonds is 5. The average molecular weight is 441 g/mol. The second kappa shape index (κ2) is 8.64. The van der Waals surface area contributed by atoms with E-state index in [0.29, 0.717) is 17.0 Å². The van der Waals surface area contributed by atoms with Gasteiger partial charge in [-0.15, -0.1) is 0 Å². The molecule has 3 N–H and O–H groups in total. The van der Waals surface area contributed by atoms with E-state index in [2.05, 4.69) is 0 Å². The second-order valence-corrected chi connectivity index (χ2v) is 9.60. The molecule has 2 aliphatic rings. The lowest BCUT2D eigenvalue weighted by Crippen LogP contribution is -2.43. The van der Waals surface area contributed by atoms with Gasteiger partial charge in [0.2, 0.25) is 11.8 Å². The number of nitrogens with zero attached hydrogens (tertiary/aromatic N) is 1. The SMILES string of the molecule is CC1(O)CCC(N2CCC(Cc3ccc(-c4ccc(C(N)=O)cc4)cc3Cl)C2=O)CC1. The maximum absolute atomic E-state index is 13.0. The molecule has 4 rings (SSSR count). The van der Waals surface area contributed by atoms with Gasteiger partial charge < -0.3 is 15.7 Å². The van der Waals surface area contributed by atoms with E-state index in [9.17, 15) is 14.7 Å². The normalized spacial score (nSPS) is 26.3. The Hall–Kier alpha value is -2.37. The highest BCUT2D eigenvalue weighted by molar-refractivity contribution is 6.31. The van der Waals surface area contributed by atoms with Crippen LogP contribution in [-0.4, -0.2) is 40.0 Å². The number of aliphatic hydroxyl groups is 1. The maximum atomic E-state index is 13.0. The number of primary amides is 1. The smallest absolute Gasteiger partial charge is 0.248 e. The number of amides is 2. The van der Waals surface area contributed by atoms with Crippen LogP contribution in [0.5, 0.6) is 0 Å².